The quantitative estimate of drug-likeness (QED) is 0.794. The maximum atomic E-state index is 10.5. The first-order valence-corrected chi connectivity index (χ1v) is 5.28. The number of nitrogens with one attached hydrogen (secondary N) is 1. The van der Waals surface area contributed by atoms with Gasteiger partial charge in [0.1, 0.15) is 0 Å². The maximum absolute atomic E-state index is 10.5. The molecule has 0 spiro atoms. The van der Waals surface area contributed by atoms with Crippen molar-refractivity contribution in [2.45, 2.75) is 13.8 Å². The van der Waals surface area contributed by atoms with Crippen LogP contribution in [0.25, 0.3) is 0 Å². The molecule has 0 unspecified atom stereocenters. The number of carboxylic acids is 1. The van der Waals surface area contributed by atoms with Crippen molar-refractivity contribution in [3.63, 3.8) is 0 Å². The lowest BCUT2D eigenvalue weighted by Gasteiger charge is -2.06. The minimum atomic E-state index is -0.906. The Morgan fingerprint density at radius 3 is 2.81 bits per heavy atom. The van der Waals surface area contributed by atoms with Crippen LogP contribution in [0.1, 0.15) is 12.5 Å². The van der Waals surface area contributed by atoms with Crippen molar-refractivity contribution in [3.8, 4) is 0 Å². The van der Waals surface area contributed by atoms with Crippen LogP contribution in [0.5, 0.6) is 0 Å². The third-order valence-corrected chi connectivity index (χ3v) is 2.48. The van der Waals surface area contributed by atoms with E-state index in [4.69, 9.17) is 16.7 Å². The average molecular weight is 240 g/mol. The summed E-state index contributed by atoms with van der Waals surface area (Å²) in [6, 6.07) is 5.68. The average Bonchev–Trinajstić information content (AvgIpc) is 2.20. The van der Waals surface area contributed by atoms with Gasteiger partial charge in [-0.3, -0.25) is 0 Å². The molecule has 0 atom stereocenters. The molecular formula is C12H14ClNO2. The minimum Gasteiger partial charge on any atom is -0.478 e. The standard InChI is InChI=1S/C12H14ClNO2/c1-8-3-4-11(10(13)7-8)14-6-5-9(2)12(15)16/h3-5,7,14H,6H2,1-2H3,(H,15,16)/b9-5-. The summed E-state index contributed by atoms with van der Waals surface area (Å²) >= 11 is 6.01. The molecule has 0 amide bonds. The highest BCUT2D eigenvalue weighted by Crippen LogP contribution is 2.22. The summed E-state index contributed by atoms with van der Waals surface area (Å²) in [5.74, 6) is -0.906. The van der Waals surface area contributed by atoms with Crippen LogP contribution >= 0.6 is 11.6 Å². The van der Waals surface area contributed by atoms with E-state index in [2.05, 4.69) is 5.32 Å². The van der Waals surface area contributed by atoms with Crippen molar-refractivity contribution in [1.82, 2.24) is 0 Å². The van der Waals surface area contributed by atoms with E-state index in [1.54, 1.807) is 13.0 Å². The van der Waals surface area contributed by atoms with E-state index in [9.17, 15) is 4.79 Å². The van der Waals surface area contributed by atoms with Crippen molar-refractivity contribution in [3.05, 3.63) is 40.4 Å². The number of halogens is 1. The summed E-state index contributed by atoms with van der Waals surface area (Å²) in [7, 11) is 0. The Morgan fingerprint density at radius 1 is 1.56 bits per heavy atom. The summed E-state index contributed by atoms with van der Waals surface area (Å²) < 4.78 is 0. The first-order chi connectivity index (χ1) is 7.50. The van der Waals surface area contributed by atoms with Gasteiger partial charge in [0.2, 0.25) is 0 Å². The predicted octanol–water partition coefficient (Wildman–Crippen LogP) is 3.09. The predicted molar refractivity (Wildman–Crippen MR) is 66.1 cm³/mol. The third-order valence-electron chi connectivity index (χ3n) is 2.16. The van der Waals surface area contributed by atoms with Crippen LogP contribution in [-0.2, 0) is 4.79 Å². The molecule has 0 bridgehead atoms. The molecule has 0 fully saturated rings. The highest BCUT2D eigenvalue weighted by Gasteiger charge is 2.00. The fraction of sp³-hybridized carbons (Fsp3) is 0.250. The fourth-order valence-electron chi connectivity index (χ4n) is 1.16. The molecular weight excluding hydrogens is 226 g/mol. The van der Waals surface area contributed by atoms with Crippen molar-refractivity contribution < 1.29 is 9.90 Å². The largest absolute Gasteiger partial charge is 0.478 e. The highest BCUT2D eigenvalue weighted by molar-refractivity contribution is 6.33. The van der Waals surface area contributed by atoms with Gasteiger partial charge in [-0.1, -0.05) is 23.7 Å². The van der Waals surface area contributed by atoms with Crippen LogP contribution in [0.4, 0.5) is 5.69 Å². The van der Waals surface area contributed by atoms with Gasteiger partial charge in [-0.25, -0.2) is 4.79 Å². The first kappa shape index (κ1) is 12.6. The van der Waals surface area contributed by atoms with Gasteiger partial charge in [-0.05, 0) is 31.5 Å². The van der Waals surface area contributed by atoms with E-state index in [-0.39, 0.29) is 0 Å². The number of carboxylic acid groups (broad SMARTS) is 1. The maximum Gasteiger partial charge on any atom is 0.331 e. The van der Waals surface area contributed by atoms with Gasteiger partial charge < -0.3 is 10.4 Å². The SMILES string of the molecule is C/C(=C/CNc1ccc(C)cc1Cl)C(=O)O. The molecule has 0 aliphatic rings. The van der Waals surface area contributed by atoms with Gasteiger partial charge in [0.05, 0.1) is 10.7 Å². The van der Waals surface area contributed by atoms with Gasteiger partial charge in [0, 0.05) is 12.1 Å². The number of benzene rings is 1. The Morgan fingerprint density at radius 2 is 2.25 bits per heavy atom. The van der Waals surface area contributed by atoms with Crippen molar-refractivity contribution in [1.29, 1.82) is 0 Å². The normalized spacial score (nSPS) is 11.3. The van der Waals surface area contributed by atoms with Gasteiger partial charge >= 0.3 is 5.97 Å². The molecule has 0 aromatic heterocycles. The molecule has 1 aromatic carbocycles. The number of hydrogen-bond donors (Lipinski definition) is 2. The lowest BCUT2D eigenvalue weighted by atomic mass is 10.2. The van der Waals surface area contributed by atoms with Crippen LogP contribution in [0.15, 0.2) is 29.8 Å². The van der Waals surface area contributed by atoms with E-state index in [0.29, 0.717) is 17.1 Å². The molecule has 0 heterocycles. The van der Waals surface area contributed by atoms with Crippen molar-refractivity contribution >= 4 is 23.3 Å². The summed E-state index contributed by atoms with van der Waals surface area (Å²) in [5, 5.41) is 12.3. The third kappa shape index (κ3) is 3.59. The molecule has 16 heavy (non-hydrogen) atoms. The van der Waals surface area contributed by atoms with Crippen molar-refractivity contribution in [2.24, 2.45) is 0 Å². The molecule has 1 aromatic rings. The summed E-state index contributed by atoms with van der Waals surface area (Å²) in [6.07, 6.45) is 1.61. The van der Waals surface area contributed by atoms with E-state index in [1.807, 2.05) is 25.1 Å². The second kappa shape index (κ2) is 5.56. The zero-order valence-electron chi connectivity index (χ0n) is 9.25. The van der Waals surface area contributed by atoms with Gasteiger partial charge in [-0.2, -0.15) is 0 Å². The van der Waals surface area contributed by atoms with Crippen LogP contribution in [0.3, 0.4) is 0 Å². The van der Waals surface area contributed by atoms with E-state index < -0.39 is 5.97 Å². The molecule has 3 nitrogen and oxygen atoms in total. The number of anilines is 1. The lowest BCUT2D eigenvalue weighted by molar-refractivity contribution is -0.132. The zero-order chi connectivity index (χ0) is 12.1. The highest BCUT2D eigenvalue weighted by atomic mass is 35.5. The molecule has 4 heteroatoms. The van der Waals surface area contributed by atoms with Gasteiger partial charge in [0.15, 0.2) is 0 Å². The molecule has 86 valence electrons. The zero-order valence-corrected chi connectivity index (χ0v) is 10.0. The Balaban J connectivity index is 2.62. The van der Waals surface area contributed by atoms with Gasteiger partial charge in [0.25, 0.3) is 0 Å². The molecule has 0 saturated heterocycles. The second-order valence-electron chi connectivity index (χ2n) is 3.56. The number of rotatable bonds is 4. The van der Waals surface area contributed by atoms with Crippen LogP contribution < -0.4 is 5.32 Å². The van der Waals surface area contributed by atoms with E-state index in [0.717, 1.165) is 11.3 Å². The molecule has 0 radical (unpaired) electrons. The first-order valence-electron chi connectivity index (χ1n) is 4.91. The Kier molecular flexibility index (Phi) is 4.38. The molecule has 2 N–H and O–H groups in total. The monoisotopic (exact) mass is 239 g/mol. The van der Waals surface area contributed by atoms with Crippen LogP contribution in [0.2, 0.25) is 5.02 Å². The summed E-state index contributed by atoms with van der Waals surface area (Å²) in [4.78, 5) is 10.5. The molecule has 0 saturated carbocycles. The molecule has 1 rings (SSSR count). The summed E-state index contributed by atoms with van der Waals surface area (Å²) in [6.45, 7) is 3.96. The van der Waals surface area contributed by atoms with Crippen LogP contribution in [0, 0.1) is 6.92 Å². The van der Waals surface area contributed by atoms with E-state index in [1.165, 1.54) is 0 Å². The van der Waals surface area contributed by atoms with Gasteiger partial charge in [-0.15, -0.1) is 0 Å². The Labute approximate surface area is 99.7 Å². The Hall–Kier alpha value is -1.48. The summed E-state index contributed by atoms with van der Waals surface area (Å²) in [5.41, 5.74) is 2.21. The fourth-order valence-corrected chi connectivity index (χ4v) is 1.47. The topological polar surface area (TPSA) is 49.3 Å². The van der Waals surface area contributed by atoms with Crippen LogP contribution in [-0.4, -0.2) is 17.6 Å². The second-order valence-corrected chi connectivity index (χ2v) is 3.96. The number of aryl methyl sites for hydroxylation is 1. The smallest absolute Gasteiger partial charge is 0.331 e. The van der Waals surface area contributed by atoms with Crippen molar-refractivity contribution in [2.75, 3.05) is 11.9 Å². The molecule has 0 aliphatic heterocycles. The number of aliphatic carboxylic acids is 1. The number of hydrogen-bond acceptors (Lipinski definition) is 2. The minimum absolute atomic E-state index is 0.315. The molecule has 0 aliphatic carbocycles. The number of carbonyl (C=O) groups is 1. The Bertz CT molecular complexity index is 427. The lowest BCUT2D eigenvalue weighted by Crippen LogP contribution is -2.03. The van der Waals surface area contributed by atoms with E-state index >= 15 is 0 Å².